The van der Waals surface area contributed by atoms with Crippen LogP contribution in [0.3, 0.4) is 0 Å². The molecule has 0 radical (unpaired) electrons. The van der Waals surface area contributed by atoms with E-state index in [0.717, 1.165) is 23.6 Å². The molecule has 0 saturated heterocycles. The molecule has 0 bridgehead atoms. The Hall–Kier alpha value is -1.53. The maximum atomic E-state index is 12.4. The molecule has 0 N–H and O–H groups in total. The summed E-state index contributed by atoms with van der Waals surface area (Å²) in [5.74, 6) is -0.424. The van der Waals surface area contributed by atoms with Crippen LogP contribution < -0.4 is 0 Å². The number of ether oxygens (including phenoxy) is 1. The highest BCUT2D eigenvalue weighted by atomic mass is 19.4. The summed E-state index contributed by atoms with van der Waals surface area (Å²) in [5, 5.41) is 0. The molecule has 0 aliphatic heterocycles. The summed E-state index contributed by atoms with van der Waals surface area (Å²) in [6, 6.07) is 0. The summed E-state index contributed by atoms with van der Waals surface area (Å²) in [7, 11) is 0. The maximum absolute atomic E-state index is 12.4. The number of aryl methyl sites for hydroxylation is 1. The SMILES string of the molecule is CCCCOC(=O)Cn1cc(C(F)(F)F)nc1C. The number of unbranched alkanes of at least 4 members (excludes halogenated alkanes) is 1. The molecular weight excluding hydrogens is 249 g/mol. The van der Waals surface area contributed by atoms with E-state index < -0.39 is 17.8 Å². The van der Waals surface area contributed by atoms with E-state index in [0.29, 0.717) is 0 Å². The van der Waals surface area contributed by atoms with Crippen molar-refractivity contribution in [3.8, 4) is 0 Å². The molecule has 0 aliphatic rings. The molecule has 0 saturated carbocycles. The van der Waals surface area contributed by atoms with Crippen molar-refractivity contribution in [2.24, 2.45) is 0 Å². The highest BCUT2D eigenvalue weighted by molar-refractivity contribution is 5.69. The Kier molecular flexibility index (Phi) is 4.75. The lowest BCUT2D eigenvalue weighted by molar-refractivity contribution is -0.145. The summed E-state index contributed by atoms with van der Waals surface area (Å²) >= 11 is 0. The van der Waals surface area contributed by atoms with Crippen LogP contribution in [-0.2, 0) is 22.3 Å². The van der Waals surface area contributed by atoms with Gasteiger partial charge in [-0.2, -0.15) is 13.2 Å². The molecular formula is C11H15F3N2O2. The highest BCUT2D eigenvalue weighted by Crippen LogP contribution is 2.28. The normalized spacial score (nSPS) is 11.6. The van der Waals surface area contributed by atoms with Crippen molar-refractivity contribution < 1.29 is 22.7 Å². The number of hydrogen-bond acceptors (Lipinski definition) is 3. The van der Waals surface area contributed by atoms with E-state index in [4.69, 9.17) is 4.74 Å². The number of alkyl halides is 3. The number of carbonyl (C=O) groups excluding carboxylic acids is 1. The average Bonchev–Trinajstić information content (AvgIpc) is 2.60. The smallest absolute Gasteiger partial charge is 0.434 e. The third kappa shape index (κ3) is 4.05. The van der Waals surface area contributed by atoms with E-state index in [1.165, 1.54) is 6.92 Å². The topological polar surface area (TPSA) is 44.1 Å². The lowest BCUT2D eigenvalue weighted by atomic mass is 10.4. The molecule has 18 heavy (non-hydrogen) atoms. The largest absolute Gasteiger partial charge is 0.464 e. The Balaban J connectivity index is 2.62. The summed E-state index contributed by atoms with van der Waals surface area (Å²) in [5.41, 5.74) is -0.999. The summed E-state index contributed by atoms with van der Waals surface area (Å²) in [6.45, 7) is 3.39. The molecule has 4 nitrogen and oxygen atoms in total. The summed E-state index contributed by atoms with van der Waals surface area (Å²) in [4.78, 5) is 14.7. The van der Waals surface area contributed by atoms with Gasteiger partial charge in [0.15, 0.2) is 5.69 Å². The molecule has 7 heteroatoms. The van der Waals surface area contributed by atoms with Crippen LogP contribution in [0.2, 0.25) is 0 Å². The third-order valence-corrected chi connectivity index (χ3v) is 2.33. The van der Waals surface area contributed by atoms with Gasteiger partial charge in [-0.3, -0.25) is 4.79 Å². The Morgan fingerprint density at radius 3 is 2.67 bits per heavy atom. The summed E-state index contributed by atoms with van der Waals surface area (Å²) in [6.07, 6.45) is -2.06. The second-order valence-corrected chi connectivity index (χ2v) is 3.87. The molecule has 0 amide bonds. The Morgan fingerprint density at radius 2 is 2.17 bits per heavy atom. The van der Waals surface area contributed by atoms with E-state index >= 15 is 0 Å². The number of halogens is 3. The molecule has 0 unspecified atom stereocenters. The predicted octanol–water partition coefficient (Wildman–Crippen LogP) is 2.55. The zero-order valence-corrected chi connectivity index (χ0v) is 10.3. The molecule has 1 aromatic heterocycles. The van der Waals surface area contributed by atoms with Crippen LogP contribution in [0.5, 0.6) is 0 Å². The molecule has 1 rings (SSSR count). The van der Waals surface area contributed by atoms with Gasteiger partial charge in [0.05, 0.1) is 6.61 Å². The molecule has 102 valence electrons. The van der Waals surface area contributed by atoms with Gasteiger partial charge in [-0.15, -0.1) is 0 Å². The first-order chi connectivity index (χ1) is 8.34. The van der Waals surface area contributed by atoms with Gasteiger partial charge in [0, 0.05) is 6.20 Å². The number of rotatable bonds is 5. The van der Waals surface area contributed by atoms with E-state index in [2.05, 4.69) is 4.98 Å². The van der Waals surface area contributed by atoms with Gasteiger partial charge < -0.3 is 9.30 Å². The van der Waals surface area contributed by atoms with Crippen LogP contribution in [0, 0.1) is 6.92 Å². The molecule has 1 aromatic rings. The minimum Gasteiger partial charge on any atom is -0.464 e. The van der Waals surface area contributed by atoms with Gasteiger partial charge in [0.1, 0.15) is 12.4 Å². The van der Waals surface area contributed by atoms with Gasteiger partial charge in [-0.25, -0.2) is 4.98 Å². The van der Waals surface area contributed by atoms with Crippen LogP contribution in [0.25, 0.3) is 0 Å². The monoisotopic (exact) mass is 264 g/mol. The summed E-state index contributed by atoms with van der Waals surface area (Å²) < 4.78 is 43.1. The van der Waals surface area contributed by atoms with Crippen molar-refractivity contribution in [3.05, 3.63) is 17.7 Å². The second-order valence-electron chi connectivity index (χ2n) is 3.87. The zero-order chi connectivity index (χ0) is 13.8. The van der Waals surface area contributed by atoms with E-state index in [1.807, 2.05) is 6.92 Å². The van der Waals surface area contributed by atoms with Crippen molar-refractivity contribution in [2.45, 2.75) is 39.4 Å². The van der Waals surface area contributed by atoms with Crippen molar-refractivity contribution in [1.29, 1.82) is 0 Å². The molecule has 1 heterocycles. The van der Waals surface area contributed by atoms with Crippen LogP contribution >= 0.6 is 0 Å². The van der Waals surface area contributed by atoms with Gasteiger partial charge in [0.25, 0.3) is 0 Å². The first-order valence-electron chi connectivity index (χ1n) is 5.61. The number of esters is 1. The lowest BCUT2D eigenvalue weighted by Crippen LogP contribution is -2.14. The van der Waals surface area contributed by atoms with Crippen LogP contribution in [0.1, 0.15) is 31.3 Å². The van der Waals surface area contributed by atoms with Gasteiger partial charge >= 0.3 is 12.1 Å². The van der Waals surface area contributed by atoms with Gasteiger partial charge in [0.2, 0.25) is 0 Å². The number of hydrogen-bond donors (Lipinski definition) is 0. The van der Waals surface area contributed by atoms with Gasteiger partial charge in [-0.05, 0) is 13.3 Å². The second kappa shape index (κ2) is 5.88. The van der Waals surface area contributed by atoms with Gasteiger partial charge in [-0.1, -0.05) is 13.3 Å². The first kappa shape index (κ1) is 14.5. The van der Waals surface area contributed by atoms with Crippen LogP contribution in [0.15, 0.2) is 6.20 Å². The molecule has 0 aliphatic carbocycles. The third-order valence-electron chi connectivity index (χ3n) is 2.33. The highest BCUT2D eigenvalue weighted by Gasteiger charge is 2.34. The van der Waals surface area contributed by atoms with Crippen LogP contribution in [-0.4, -0.2) is 22.1 Å². The number of aromatic nitrogens is 2. The number of nitrogens with zero attached hydrogens (tertiary/aromatic N) is 2. The molecule has 0 spiro atoms. The fraction of sp³-hybridized carbons (Fsp3) is 0.636. The predicted molar refractivity (Wildman–Crippen MR) is 57.8 cm³/mol. The lowest BCUT2D eigenvalue weighted by Gasteiger charge is -2.05. The van der Waals surface area contributed by atoms with Crippen molar-refractivity contribution in [1.82, 2.24) is 9.55 Å². The average molecular weight is 264 g/mol. The minimum absolute atomic E-state index is 0.134. The van der Waals surface area contributed by atoms with E-state index in [-0.39, 0.29) is 19.0 Å². The van der Waals surface area contributed by atoms with Crippen molar-refractivity contribution >= 4 is 5.97 Å². The zero-order valence-electron chi connectivity index (χ0n) is 10.3. The first-order valence-corrected chi connectivity index (χ1v) is 5.61. The Labute approximate surface area is 103 Å². The van der Waals surface area contributed by atoms with E-state index in [1.54, 1.807) is 0 Å². The minimum atomic E-state index is -4.50. The fourth-order valence-electron chi connectivity index (χ4n) is 1.32. The number of carbonyl (C=O) groups is 1. The molecule has 0 fully saturated rings. The van der Waals surface area contributed by atoms with Crippen LogP contribution in [0.4, 0.5) is 13.2 Å². The Morgan fingerprint density at radius 1 is 1.50 bits per heavy atom. The fourth-order valence-corrected chi connectivity index (χ4v) is 1.32. The Bertz CT molecular complexity index is 413. The molecule has 0 atom stereocenters. The molecule has 0 aromatic carbocycles. The quantitative estimate of drug-likeness (QED) is 0.606. The van der Waals surface area contributed by atoms with Crippen molar-refractivity contribution in [2.75, 3.05) is 6.61 Å². The number of imidazole rings is 1. The standard InChI is InChI=1S/C11H15F3N2O2/c1-3-4-5-18-10(17)7-16-6-9(11(12,13)14)15-8(16)2/h6H,3-5,7H2,1-2H3. The van der Waals surface area contributed by atoms with E-state index in [9.17, 15) is 18.0 Å². The maximum Gasteiger partial charge on any atom is 0.434 e. The van der Waals surface area contributed by atoms with Crippen molar-refractivity contribution in [3.63, 3.8) is 0 Å².